The Hall–Kier alpha value is -3.63. The third-order valence-electron chi connectivity index (χ3n) is 5.51. The van der Waals surface area contributed by atoms with Crippen LogP contribution in [0.5, 0.6) is 0 Å². The van der Waals surface area contributed by atoms with Crippen LogP contribution in [0, 0.1) is 25.2 Å². The van der Waals surface area contributed by atoms with E-state index in [1.807, 2.05) is 38.1 Å². The fourth-order valence-corrected chi connectivity index (χ4v) is 4.55. The van der Waals surface area contributed by atoms with Gasteiger partial charge in [0.15, 0.2) is 0 Å². The fraction of sp³-hybridized carbons (Fsp3) is 0.231. The van der Waals surface area contributed by atoms with Crippen molar-refractivity contribution in [3.8, 4) is 6.07 Å². The topological polar surface area (TPSA) is 90.3 Å². The predicted octanol–water partition coefficient (Wildman–Crippen LogP) is 5.17. The van der Waals surface area contributed by atoms with Gasteiger partial charge in [-0.1, -0.05) is 30.3 Å². The third kappa shape index (κ3) is 5.41. The summed E-state index contributed by atoms with van der Waals surface area (Å²) in [5.74, 6) is -0.376. The van der Waals surface area contributed by atoms with E-state index < -0.39 is 15.3 Å². The molecule has 0 atom stereocenters. The highest BCUT2D eigenvalue weighted by molar-refractivity contribution is 7.93. The number of hydrogen-bond acceptors (Lipinski definition) is 4. The van der Waals surface area contributed by atoms with E-state index in [2.05, 4.69) is 5.32 Å². The lowest BCUT2D eigenvalue weighted by atomic mass is 10.1. The summed E-state index contributed by atoms with van der Waals surface area (Å²) in [5.41, 5.74) is 4.68. The minimum Gasteiger partial charge on any atom is -0.322 e. The number of sulfonamides is 1. The molecule has 3 aromatic rings. The largest absolute Gasteiger partial charge is 0.322 e. The van der Waals surface area contributed by atoms with E-state index in [-0.39, 0.29) is 12.5 Å². The number of anilines is 2. The van der Waals surface area contributed by atoms with Crippen molar-refractivity contribution >= 4 is 27.3 Å². The number of amides is 1. The predicted molar refractivity (Wildman–Crippen MR) is 132 cm³/mol. The molecule has 6 nitrogen and oxygen atoms in total. The number of hydrogen-bond donors (Lipinski definition) is 1. The van der Waals surface area contributed by atoms with Gasteiger partial charge in [0.1, 0.15) is 0 Å². The highest BCUT2D eigenvalue weighted by atomic mass is 32.2. The summed E-state index contributed by atoms with van der Waals surface area (Å²) in [6.07, 6.45) is 0. The van der Waals surface area contributed by atoms with Crippen molar-refractivity contribution in [3.05, 3.63) is 94.5 Å². The average Bonchev–Trinajstić information content (AvgIpc) is 2.80. The molecule has 0 saturated heterocycles. The Kier molecular flexibility index (Phi) is 7.19. The van der Waals surface area contributed by atoms with E-state index in [4.69, 9.17) is 0 Å². The molecule has 3 aromatic carbocycles. The number of carbonyl (C=O) groups excluding carboxylic acids is 1. The van der Waals surface area contributed by atoms with E-state index in [9.17, 15) is 18.5 Å². The lowest BCUT2D eigenvalue weighted by molar-refractivity contribution is 0.102. The normalized spacial score (nSPS) is 11.2. The van der Waals surface area contributed by atoms with E-state index >= 15 is 0 Å². The molecule has 3 rings (SSSR count). The first-order valence-electron chi connectivity index (χ1n) is 10.6. The Labute approximate surface area is 195 Å². The number of aryl methyl sites for hydroxylation is 2. The van der Waals surface area contributed by atoms with Gasteiger partial charge in [-0.15, -0.1) is 0 Å². The standard InChI is InChI=1S/C26H27N3O3S/c1-18(2)33(31,32)29(24-14-9-19(3)20(4)15-24)17-21-10-12-23(13-11-21)28-26(30)25-8-6-5-7-22(25)16-27/h5-15,18H,17H2,1-4H3,(H,28,30). The number of rotatable bonds is 7. The maximum absolute atomic E-state index is 13.1. The zero-order valence-corrected chi connectivity index (χ0v) is 20.0. The van der Waals surface area contributed by atoms with Gasteiger partial charge in [-0.05, 0) is 80.8 Å². The van der Waals surface area contributed by atoms with E-state index in [0.717, 1.165) is 16.7 Å². The van der Waals surface area contributed by atoms with Crippen LogP contribution in [-0.4, -0.2) is 19.6 Å². The Balaban J connectivity index is 1.84. The van der Waals surface area contributed by atoms with Crippen molar-refractivity contribution in [3.63, 3.8) is 0 Å². The molecule has 0 spiro atoms. The highest BCUT2D eigenvalue weighted by Gasteiger charge is 2.26. The van der Waals surface area contributed by atoms with E-state index in [1.165, 1.54) is 4.31 Å². The summed E-state index contributed by atoms with van der Waals surface area (Å²) in [5, 5.41) is 11.4. The molecule has 0 bridgehead atoms. The van der Waals surface area contributed by atoms with Crippen molar-refractivity contribution in [2.45, 2.75) is 39.5 Å². The molecule has 1 amide bonds. The summed E-state index contributed by atoms with van der Waals surface area (Å²) in [6, 6.07) is 21.3. The van der Waals surface area contributed by atoms with Crippen molar-refractivity contribution in [2.24, 2.45) is 0 Å². The van der Waals surface area contributed by atoms with Gasteiger partial charge in [-0.3, -0.25) is 9.10 Å². The lowest BCUT2D eigenvalue weighted by Gasteiger charge is -2.27. The Morgan fingerprint density at radius 1 is 1.00 bits per heavy atom. The van der Waals surface area contributed by atoms with Crippen LogP contribution in [-0.2, 0) is 16.6 Å². The van der Waals surface area contributed by atoms with Gasteiger partial charge in [0.05, 0.1) is 34.7 Å². The first kappa shape index (κ1) is 24.0. The van der Waals surface area contributed by atoms with Crippen molar-refractivity contribution in [1.29, 1.82) is 5.26 Å². The Morgan fingerprint density at radius 2 is 1.67 bits per heavy atom. The van der Waals surface area contributed by atoms with E-state index in [1.54, 1.807) is 62.4 Å². The smallest absolute Gasteiger partial charge is 0.257 e. The van der Waals surface area contributed by atoms with Gasteiger partial charge in [0, 0.05) is 5.69 Å². The van der Waals surface area contributed by atoms with Crippen LogP contribution in [0.3, 0.4) is 0 Å². The minimum absolute atomic E-state index is 0.175. The van der Waals surface area contributed by atoms with Crippen LogP contribution >= 0.6 is 0 Å². The number of nitrogens with zero attached hydrogens (tertiary/aromatic N) is 2. The first-order chi connectivity index (χ1) is 15.6. The zero-order chi connectivity index (χ0) is 24.2. The first-order valence-corrected chi connectivity index (χ1v) is 12.1. The molecule has 7 heteroatoms. The summed E-state index contributed by atoms with van der Waals surface area (Å²) in [6.45, 7) is 7.46. The van der Waals surface area contributed by atoms with E-state index in [0.29, 0.717) is 22.5 Å². The average molecular weight is 462 g/mol. The quantitative estimate of drug-likeness (QED) is 0.525. The second-order valence-electron chi connectivity index (χ2n) is 8.18. The van der Waals surface area contributed by atoms with Gasteiger partial charge in [0.2, 0.25) is 10.0 Å². The summed E-state index contributed by atoms with van der Waals surface area (Å²) >= 11 is 0. The monoisotopic (exact) mass is 461 g/mol. The maximum atomic E-state index is 13.1. The maximum Gasteiger partial charge on any atom is 0.257 e. The molecule has 0 aromatic heterocycles. The fourth-order valence-electron chi connectivity index (χ4n) is 3.30. The van der Waals surface area contributed by atoms with Crippen LogP contribution in [0.25, 0.3) is 0 Å². The second-order valence-corrected chi connectivity index (χ2v) is 10.6. The zero-order valence-electron chi connectivity index (χ0n) is 19.2. The molecular formula is C26H27N3O3S. The summed E-state index contributed by atoms with van der Waals surface area (Å²) in [4.78, 5) is 12.6. The molecule has 0 fully saturated rings. The van der Waals surface area contributed by atoms with Gasteiger partial charge >= 0.3 is 0 Å². The summed E-state index contributed by atoms with van der Waals surface area (Å²) in [7, 11) is -3.56. The van der Waals surface area contributed by atoms with Crippen molar-refractivity contribution in [1.82, 2.24) is 0 Å². The molecular weight excluding hydrogens is 434 g/mol. The number of benzene rings is 3. The lowest BCUT2D eigenvalue weighted by Crippen LogP contribution is -2.36. The van der Waals surface area contributed by atoms with Crippen molar-refractivity contribution < 1.29 is 13.2 Å². The van der Waals surface area contributed by atoms with Gasteiger partial charge in [0.25, 0.3) is 5.91 Å². The van der Waals surface area contributed by atoms with Crippen LogP contribution in [0.4, 0.5) is 11.4 Å². The Morgan fingerprint density at radius 3 is 2.27 bits per heavy atom. The molecule has 33 heavy (non-hydrogen) atoms. The number of nitrogens with one attached hydrogen (secondary N) is 1. The molecule has 0 aliphatic rings. The molecule has 0 aliphatic carbocycles. The van der Waals surface area contributed by atoms with Crippen LogP contribution in [0.2, 0.25) is 0 Å². The summed E-state index contributed by atoms with van der Waals surface area (Å²) < 4.78 is 27.6. The molecule has 170 valence electrons. The molecule has 0 saturated carbocycles. The molecule has 0 aliphatic heterocycles. The SMILES string of the molecule is Cc1ccc(N(Cc2ccc(NC(=O)c3ccccc3C#N)cc2)S(=O)(=O)C(C)C)cc1C. The van der Waals surface area contributed by atoms with Crippen LogP contribution in [0.15, 0.2) is 66.7 Å². The van der Waals surface area contributed by atoms with Crippen LogP contribution < -0.4 is 9.62 Å². The van der Waals surface area contributed by atoms with Gasteiger partial charge in [-0.2, -0.15) is 5.26 Å². The number of nitriles is 1. The second kappa shape index (κ2) is 9.88. The number of carbonyl (C=O) groups is 1. The van der Waals surface area contributed by atoms with Gasteiger partial charge < -0.3 is 5.32 Å². The van der Waals surface area contributed by atoms with Crippen molar-refractivity contribution in [2.75, 3.05) is 9.62 Å². The highest BCUT2D eigenvalue weighted by Crippen LogP contribution is 2.26. The third-order valence-corrected chi connectivity index (χ3v) is 7.66. The minimum atomic E-state index is -3.56. The molecule has 0 radical (unpaired) electrons. The molecule has 1 N–H and O–H groups in total. The Bertz CT molecular complexity index is 1310. The molecule has 0 heterocycles. The van der Waals surface area contributed by atoms with Gasteiger partial charge in [-0.25, -0.2) is 8.42 Å². The van der Waals surface area contributed by atoms with Crippen LogP contribution in [0.1, 0.15) is 46.5 Å². The molecule has 0 unspecified atom stereocenters.